The minimum atomic E-state index is -0.545. The van der Waals surface area contributed by atoms with Gasteiger partial charge in [-0.1, -0.05) is 0 Å². The van der Waals surface area contributed by atoms with Crippen LogP contribution in [0.15, 0.2) is 24.3 Å². The molecule has 1 heterocycles. The fourth-order valence-corrected chi connectivity index (χ4v) is 2.62. The van der Waals surface area contributed by atoms with Crippen LogP contribution in [0.25, 0.3) is 0 Å². The molecule has 1 fully saturated rings. The zero-order chi connectivity index (χ0) is 17.7. The van der Waals surface area contributed by atoms with Crippen LogP contribution >= 0.6 is 0 Å². The van der Waals surface area contributed by atoms with E-state index in [9.17, 15) is 9.59 Å². The molecule has 0 radical (unpaired) electrons. The second-order valence-electron chi connectivity index (χ2n) is 6.93. The van der Waals surface area contributed by atoms with E-state index in [0.29, 0.717) is 24.2 Å². The van der Waals surface area contributed by atoms with Gasteiger partial charge in [0.05, 0.1) is 11.6 Å². The molecule has 24 heavy (non-hydrogen) atoms. The van der Waals surface area contributed by atoms with E-state index in [1.54, 1.807) is 29.2 Å². The summed E-state index contributed by atoms with van der Waals surface area (Å²) in [6, 6.07) is 8.50. The van der Waals surface area contributed by atoms with E-state index in [1.165, 1.54) is 0 Å². The Morgan fingerprint density at radius 3 is 2.54 bits per heavy atom. The van der Waals surface area contributed by atoms with Crippen LogP contribution in [-0.2, 0) is 4.74 Å². The molecule has 0 aromatic heterocycles. The number of nitrogens with zero attached hydrogens (tertiary/aromatic N) is 2. The van der Waals surface area contributed by atoms with Crippen molar-refractivity contribution in [1.29, 1.82) is 5.26 Å². The van der Waals surface area contributed by atoms with Gasteiger partial charge in [-0.2, -0.15) is 5.26 Å². The highest BCUT2D eigenvalue weighted by atomic mass is 16.6. The quantitative estimate of drug-likeness (QED) is 0.904. The molecule has 0 aliphatic carbocycles. The lowest BCUT2D eigenvalue weighted by Gasteiger charge is -2.33. The van der Waals surface area contributed by atoms with Gasteiger partial charge >= 0.3 is 6.09 Å². The minimum absolute atomic E-state index is 0.0878. The van der Waals surface area contributed by atoms with Gasteiger partial charge in [0.1, 0.15) is 5.60 Å². The number of hydrogen-bond acceptors (Lipinski definition) is 4. The highest BCUT2D eigenvalue weighted by Gasteiger charge is 2.27. The minimum Gasteiger partial charge on any atom is -0.444 e. The summed E-state index contributed by atoms with van der Waals surface area (Å²) in [7, 11) is 0. The largest absolute Gasteiger partial charge is 0.444 e. The van der Waals surface area contributed by atoms with Gasteiger partial charge in [0, 0.05) is 24.7 Å². The van der Waals surface area contributed by atoms with Gasteiger partial charge in [0.2, 0.25) is 0 Å². The molecule has 2 amide bonds. The highest BCUT2D eigenvalue weighted by molar-refractivity contribution is 5.94. The number of amides is 2. The lowest BCUT2D eigenvalue weighted by molar-refractivity contribution is 0.0452. The van der Waals surface area contributed by atoms with Crippen molar-refractivity contribution in [3.05, 3.63) is 35.4 Å². The van der Waals surface area contributed by atoms with E-state index in [0.717, 1.165) is 12.8 Å². The average molecular weight is 329 g/mol. The summed E-state index contributed by atoms with van der Waals surface area (Å²) in [5.41, 5.74) is 0.526. The van der Waals surface area contributed by atoms with Crippen LogP contribution in [-0.4, -0.2) is 41.6 Å². The molecule has 1 aliphatic heterocycles. The van der Waals surface area contributed by atoms with Gasteiger partial charge in [-0.05, 0) is 57.9 Å². The van der Waals surface area contributed by atoms with Crippen molar-refractivity contribution in [2.24, 2.45) is 0 Å². The van der Waals surface area contributed by atoms with Gasteiger partial charge in [-0.15, -0.1) is 0 Å². The molecular weight excluding hydrogens is 306 g/mol. The van der Waals surface area contributed by atoms with Crippen molar-refractivity contribution < 1.29 is 14.3 Å². The van der Waals surface area contributed by atoms with Gasteiger partial charge in [0.25, 0.3) is 5.91 Å². The predicted octanol–water partition coefficient (Wildman–Crippen LogP) is 2.69. The Kier molecular flexibility index (Phi) is 5.45. The van der Waals surface area contributed by atoms with Gasteiger partial charge in [0.15, 0.2) is 0 Å². The second kappa shape index (κ2) is 7.35. The number of hydrogen-bond donors (Lipinski definition) is 1. The Morgan fingerprint density at radius 1 is 1.29 bits per heavy atom. The van der Waals surface area contributed by atoms with Crippen LogP contribution < -0.4 is 5.32 Å². The van der Waals surface area contributed by atoms with Crippen molar-refractivity contribution in [2.45, 2.75) is 45.3 Å². The number of benzene rings is 1. The molecule has 1 aromatic carbocycles. The number of nitriles is 1. The predicted molar refractivity (Wildman–Crippen MR) is 89.5 cm³/mol. The topological polar surface area (TPSA) is 82.4 Å². The molecule has 128 valence electrons. The molecule has 1 saturated heterocycles. The molecule has 0 bridgehead atoms. The third-order valence-corrected chi connectivity index (χ3v) is 3.69. The molecule has 1 unspecified atom stereocenters. The number of ether oxygens (including phenoxy) is 1. The number of piperidine rings is 1. The van der Waals surface area contributed by atoms with Crippen LogP contribution in [0.5, 0.6) is 0 Å². The molecule has 6 nitrogen and oxygen atoms in total. The van der Waals surface area contributed by atoms with E-state index < -0.39 is 11.7 Å². The summed E-state index contributed by atoms with van der Waals surface area (Å²) in [5, 5.41) is 11.6. The van der Waals surface area contributed by atoms with Crippen molar-refractivity contribution in [1.82, 2.24) is 10.2 Å². The van der Waals surface area contributed by atoms with Crippen LogP contribution in [0.3, 0.4) is 0 Å². The van der Waals surface area contributed by atoms with Crippen molar-refractivity contribution >= 4 is 12.0 Å². The number of alkyl carbamates (subject to hydrolysis) is 1. The number of rotatable bonds is 2. The molecular formula is C18H23N3O3. The molecule has 6 heteroatoms. The summed E-state index contributed by atoms with van der Waals surface area (Å²) in [4.78, 5) is 26.2. The van der Waals surface area contributed by atoms with Gasteiger partial charge in [-0.25, -0.2) is 4.79 Å². The monoisotopic (exact) mass is 329 g/mol. The zero-order valence-corrected chi connectivity index (χ0v) is 14.3. The van der Waals surface area contributed by atoms with E-state index in [-0.39, 0.29) is 11.9 Å². The van der Waals surface area contributed by atoms with E-state index in [1.807, 2.05) is 26.8 Å². The SMILES string of the molecule is CC(C)(C)OC(=O)NC1CCCN(C(=O)c2ccc(C#N)cc2)C1. The first-order valence-corrected chi connectivity index (χ1v) is 8.07. The lowest BCUT2D eigenvalue weighted by atomic mass is 10.0. The maximum atomic E-state index is 12.6. The van der Waals surface area contributed by atoms with Gasteiger partial charge in [-0.3, -0.25) is 4.79 Å². The first-order chi connectivity index (χ1) is 11.3. The summed E-state index contributed by atoms with van der Waals surface area (Å²) >= 11 is 0. The van der Waals surface area contributed by atoms with Crippen LogP contribution in [0.2, 0.25) is 0 Å². The van der Waals surface area contributed by atoms with E-state index in [4.69, 9.17) is 10.00 Å². The molecule has 2 rings (SSSR count). The first-order valence-electron chi connectivity index (χ1n) is 8.07. The maximum Gasteiger partial charge on any atom is 0.407 e. The first kappa shape index (κ1) is 17.8. The number of carbonyl (C=O) groups excluding carboxylic acids is 2. The smallest absolute Gasteiger partial charge is 0.407 e. The summed E-state index contributed by atoms with van der Waals surface area (Å²) in [6.07, 6.45) is 1.18. The number of nitrogens with one attached hydrogen (secondary N) is 1. The molecule has 1 aromatic rings. The van der Waals surface area contributed by atoms with Gasteiger partial charge < -0.3 is 15.0 Å². The Morgan fingerprint density at radius 2 is 1.96 bits per heavy atom. The molecule has 0 spiro atoms. The third kappa shape index (κ3) is 4.98. The highest BCUT2D eigenvalue weighted by Crippen LogP contribution is 2.15. The molecule has 1 atom stereocenters. The molecule has 0 saturated carbocycles. The fourth-order valence-electron chi connectivity index (χ4n) is 2.62. The van der Waals surface area contributed by atoms with Crippen molar-refractivity contribution in [2.75, 3.05) is 13.1 Å². The second-order valence-corrected chi connectivity index (χ2v) is 6.93. The standard InChI is InChI=1S/C18H23N3O3/c1-18(2,3)24-17(23)20-15-5-4-10-21(12-15)16(22)14-8-6-13(11-19)7-9-14/h6-9,15H,4-5,10,12H2,1-3H3,(H,20,23). The normalized spacial score (nSPS) is 17.8. The number of likely N-dealkylation sites (tertiary alicyclic amines) is 1. The Bertz CT molecular complexity index is 641. The maximum absolute atomic E-state index is 12.6. The van der Waals surface area contributed by atoms with Crippen LogP contribution in [0.4, 0.5) is 4.79 Å². The summed E-state index contributed by atoms with van der Waals surface area (Å²) < 4.78 is 5.26. The fraction of sp³-hybridized carbons (Fsp3) is 0.500. The van der Waals surface area contributed by atoms with Crippen molar-refractivity contribution in [3.8, 4) is 6.07 Å². The summed E-state index contributed by atoms with van der Waals surface area (Å²) in [5.74, 6) is -0.0878. The summed E-state index contributed by atoms with van der Waals surface area (Å²) in [6.45, 7) is 6.56. The Balaban J connectivity index is 1.95. The van der Waals surface area contributed by atoms with E-state index in [2.05, 4.69) is 5.32 Å². The zero-order valence-electron chi connectivity index (χ0n) is 14.3. The average Bonchev–Trinajstić information content (AvgIpc) is 2.52. The lowest BCUT2D eigenvalue weighted by Crippen LogP contribution is -2.50. The Hall–Kier alpha value is -2.55. The molecule has 1 N–H and O–H groups in total. The Labute approximate surface area is 142 Å². The van der Waals surface area contributed by atoms with E-state index >= 15 is 0 Å². The third-order valence-electron chi connectivity index (χ3n) is 3.69. The molecule has 1 aliphatic rings. The van der Waals surface area contributed by atoms with Crippen LogP contribution in [0.1, 0.15) is 49.5 Å². The van der Waals surface area contributed by atoms with Crippen molar-refractivity contribution in [3.63, 3.8) is 0 Å². The number of carbonyl (C=O) groups is 2. The van der Waals surface area contributed by atoms with Crippen LogP contribution in [0, 0.1) is 11.3 Å².